The van der Waals surface area contributed by atoms with Gasteiger partial charge in [0.05, 0.1) is 5.56 Å². The van der Waals surface area contributed by atoms with Gasteiger partial charge in [-0.1, -0.05) is 11.6 Å². The van der Waals surface area contributed by atoms with Crippen LogP contribution in [0.4, 0.5) is 9.52 Å². The highest BCUT2D eigenvalue weighted by Gasteiger charge is 2.14. The van der Waals surface area contributed by atoms with Crippen LogP contribution in [0.3, 0.4) is 0 Å². The Balaban J connectivity index is 2.22. The average Bonchev–Trinajstić information content (AvgIpc) is 2.67. The minimum absolute atomic E-state index is 0.120. The van der Waals surface area contributed by atoms with Crippen molar-refractivity contribution in [2.24, 2.45) is 0 Å². The van der Waals surface area contributed by atoms with Gasteiger partial charge in [0.15, 0.2) is 0 Å². The second kappa shape index (κ2) is 4.77. The summed E-state index contributed by atoms with van der Waals surface area (Å²) < 4.78 is 17.3. The third-order valence-corrected chi connectivity index (χ3v) is 2.88. The lowest BCUT2D eigenvalue weighted by Crippen LogP contribution is -2.13. The zero-order valence-corrected chi connectivity index (χ0v) is 10.3. The third kappa shape index (κ3) is 2.78. The molecule has 0 bridgehead atoms. The summed E-state index contributed by atoms with van der Waals surface area (Å²) in [4.78, 5) is 15.7. The molecule has 2 aromatic rings. The van der Waals surface area contributed by atoms with Crippen molar-refractivity contribution in [1.82, 2.24) is 9.36 Å². The highest BCUT2D eigenvalue weighted by Crippen LogP contribution is 2.17. The third-order valence-electron chi connectivity index (χ3n) is 1.92. The summed E-state index contributed by atoms with van der Waals surface area (Å²) in [5, 5.41) is 3.08. The molecule has 4 nitrogen and oxygen atoms in total. The molecule has 0 atom stereocenters. The number of amides is 1. The quantitative estimate of drug-likeness (QED) is 0.914. The number of nitrogens with one attached hydrogen (secondary N) is 1. The SMILES string of the molecule is Cc1nsc(NC(=O)c2cc(Cl)ccc2F)n1. The second-order valence-corrected chi connectivity index (χ2v) is 4.41. The topological polar surface area (TPSA) is 54.9 Å². The van der Waals surface area contributed by atoms with Crippen LogP contribution in [0.1, 0.15) is 16.2 Å². The zero-order chi connectivity index (χ0) is 12.4. The minimum Gasteiger partial charge on any atom is -0.296 e. The molecular formula is C10H7ClFN3OS. The van der Waals surface area contributed by atoms with Crippen LogP contribution >= 0.6 is 23.1 Å². The van der Waals surface area contributed by atoms with Crippen molar-refractivity contribution in [2.75, 3.05) is 5.32 Å². The van der Waals surface area contributed by atoms with Gasteiger partial charge in [0, 0.05) is 16.6 Å². The summed E-state index contributed by atoms with van der Waals surface area (Å²) in [6.45, 7) is 1.70. The van der Waals surface area contributed by atoms with Gasteiger partial charge in [-0.3, -0.25) is 10.1 Å². The molecule has 1 amide bonds. The number of halogens is 2. The van der Waals surface area contributed by atoms with Crippen molar-refractivity contribution < 1.29 is 9.18 Å². The van der Waals surface area contributed by atoms with E-state index < -0.39 is 11.7 Å². The lowest BCUT2D eigenvalue weighted by atomic mass is 10.2. The maximum absolute atomic E-state index is 13.4. The first kappa shape index (κ1) is 11.9. The summed E-state index contributed by atoms with van der Waals surface area (Å²) >= 11 is 6.73. The van der Waals surface area contributed by atoms with Gasteiger partial charge in [0.25, 0.3) is 5.91 Å². The summed E-state index contributed by atoms with van der Waals surface area (Å²) in [5.74, 6) is -0.675. The fourth-order valence-corrected chi connectivity index (χ4v) is 1.93. The molecule has 0 aliphatic carbocycles. The number of hydrogen-bond acceptors (Lipinski definition) is 4. The predicted octanol–water partition coefficient (Wildman–Crippen LogP) is 2.89. The molecule has 1 aromatic heterocycles. The first-order chi connectivity index (χ1) is 8.06. The number of benzene rings is 1. The molecule has 0 unspecified atom stereocenters. The monoisotopic (exact) mass is 271 g/mol. The van der Waals surface area contributed by atoms with Gasteiger partial charge in [0.1, 0.15) is 11.6 Å². The van der Waals surface area contributed by atoms with Gasteiger partial charge in [-0.2, -0.15) is 4.37 Å². The van der Waals surface area contributed by atoms with Crippen molar-refractivity contribution in [3.63, 3.8) is 0 Å². The van der Waals surface area contributed by atoms with Crippen LogP contribution in [-0.2, 0) is 0 Å². The molecule has 1 N–H and O–H groups in total. The maximum Gasteiger partial charge on any atom is 0.260 e. The number of anilines is 1. The largest absolute Gasteiger partial charge is 0.296 e. The molecule has 0 aliphatic rings. The van der Waals surface area contributed by atoms with E-state index in [-0.39, 0.29) is 5.56 Å². The zero-order valence-electron chi connectivity index (χ0n) is 8.70. The number of aromatic nitrogens is 2. The Morgan fingerprint density at radius 1 is 1.53 bits per heavy atom. The molecule has 0 saturated heterocycles. The fraction of sp³-hybridized carbons (Fsp3) is 0.100. The minimum atomic E-state index is -0.631. The molecule has 0 fully saturated rings. The summed E-state index contributed by atoms with van der Waals surface area (Å²) in [6, 6.07) is 3.78. The first-order valence-corrected chi connectivity index (χ1v) is 5.78. The van der Waals surface area contributed by atoms with E-state index in [9.17, 15) is 9.18 Å². The molecule has 0 saturated carbocycles. The number of aryl methyl sites for hydroxylation is 1. The van der Waals surface area contributed by atoms with E-state index in [4.69, 9.17) is 11.6 Å². The van der Waals surface area contributed by atoms with E-state index in [0.29, 0.717) is 16.0 Å². The van der Waals surface area contributed by atoms with Gasteiger partial charge < -0.3 is 0 Å². The van der Waals surface area contributed by atoms with Crippen LogP contribution in [0.5, 0.6) is 0 Å². The van der Waals surface area contributed by atoms with E-state index in [1.165, 1.54) is 12.1 Å². The van der Waals surface area contributed by atoms with E-state index in [1.807, 2.05) is 0 Å². The van der Waals surface area contributed by atoms with Crippen LogP contribution < -0.4 is 5.32 Å². The normalized spacial score (nSPS) is 10.3. The van der Waals surface area contributed by atoms with E-state index in [1.54, 1.807) is 6.92 Å². The molecular weight excluding hydrogens is 265 g/mol. The van der Waals surface area contributed by atoms with E-state index >= 15 is 0 Å². The Hall–Kier alpha value is -1.53. The van der Waals surface area contributed by atoms with Gasteiger partial charge in [-0.05, 0) is 25.1 Å². The molecule has 0 aliphatic heterocycles. The van der Waals surface area contributed by atoms with Crippen LogP contribution in [0.2, 0.25) is 5.02 Å². The molecule has 2 rings (SSSR count). The van der Waals surface area contributed by atoms with Crippen LogP contribution in [-0.4, -0.2) is 15.3 Å². The second-order valence-electron chi connectivity index (χ2n) is 3.23. The Morgan fingerprint density at radius 2 is 2.29 bits per heavy atom. The standard InChI is InChI=1S/C10H7ClFN3OS/c1-5-13-10(17-15-5)14-9(16)7-4-6(11)2-3-8(7)12/h2-4H,1H3,(H,13,14,15,16). The first-order valence-electron chi connectivity index (χ1n) is 4.63. The fourth-order valence-electron chi connectivity index (χ4n) is 1.18. The van der Waals surface area contributed by atoms with Crippen molar-refractivity contribution >= 4 is 34.2 Å². The summed E-state index contributed by atoms with van der Waals surface area (Å²) in [6.07, 6.45) is 0. The molecule has 17 heavy (non-hydrogen) atoms. The Kier molecular flexibility index (Phi) is 3.35. The number of carbonyl (C=O) groups is 1. The van der Waals surface area contributed by atoms with Gasteiger partial charge >= 0.3 is 0 Å². The molecule has 1 heterocycles. The Morgan fingerprint density at radius 3 is 2.94 bits per heavy atom. The summed E-state index contributed by atoms with van der Waals surface area (Å²) in [7, 11) is 0. The average molecular weight is 272 g/mol. The molecule has 88 valence electrons. The lowest BCUT2D eigenvalue weighted by molar-refractivity contribution is 0.102. The van der Waals surface area contributed by atoms with E-state index in [2.05, 4.69) is 14.7 Å². The van der Waals surface area contributed by atoms with Crippen molar-refractivity contribution in [3.8, 4) is 0 Å². The van der Waals surface area contributed by atoms with Crippen LogP contribution in [0, 0.1) is 12.7 Å². The van der Waals surface area contributed by atoms with Crippen molar-refractivity contribution in [3.05, 3.63) is 40.4 Å². The summed E-state index contributed by atoms with van der Waals surface area (Å²) in [5.41, 5.74) is -0.120. The van der Waals surface area contributed by atoms with Crippen LogP contribution in [0.25, 0.3) is 0 Å². The van der Waals surface area contributed by atoms with Gasteiger partial charge in [-0.15, -0.1) is 0 Å². The number of carbonyl (C=O) groups excluding carboxylic acids is 1. The van der Waals surface area contributed by atoms with Gasteiger partial charge in [-0.25, -0.2) is 9.37 Å². The lowest BCUT2D eigenvalue weighted by Gasteiger charge is -2.02. The molecule has 7 heteroatoms. The predicted molar refractivity (Wildman–Crippen MR) is 64.0 cm³/mol. The van der Waals surface area contributed by atoms with Crippen molar-refractivity contribution in [2.45, 2.75) is 6.92 Å². The van der Waals surface area contributed by atoms with Crippen LogP contribution in [0.15, 0.2) is 18.2 Å². The Bertz CT molecular complexity index is 572. The smallest absolute Gasteiger partial charge is 0.260 e. The number of hydrogen-bond donors (Lipinski definition) is 1. The number of rotatable bonds is 2. The highest BCUT2D eigenvalue weighted by molar-refractivity contribution is 7.09. The Labute approximate surface area is 106 Å². The van der Waals surface area contributed by atoms with Crippen molar-refractivity contribution in [1.29, 1.82) is 0 Å². The van der Waals surface area contributed by atoms with Gasteiger partial charge in [0.2, 0.25) is 5.13 Å². The highest BCUT2D eigenvalue weighted by atomic mass is 35.5. The molecule has 0 spiro atoms. The maximum atomic E-state index is 13.4. The van der Waals surface area contributed by atoms with E-state index in [0.717, 1.165) is 17.6 Å². The molecule has 1 aromatic carbocycles. The number of nitrogens with zero attached hydrogens (tertiary/aromatic N) is 2. The molecule has 0 radical (unpaired) electrons.